The first kappa shape index (κ1) is 30.3. The number of fused-ring (bicyclic) bond motifs is 6. The maximum Gasteiger partial charge on any atom is 0.0972 e. The summed E-state index contributed by atoms with van der Waals surface area (Å²) in [5.41, 5.74) is 13.1. The van der Waals surface area contributed by atoms with Gasteiger partial charge in [0, 0.05) is 45.4 Å². The van der Waals surface area contributed by atoms with E-state index in [0.29, 0.717) is 5.92 Å². The maximum atomic E-state index is 5.08. The number of allylic oxidation sites excluding steroid dienone is 1. The van der Waals surface area contributed by atoms with Gasteiger partial charge in [0.1, 0.15) is 0 Å². The number of nitrogens with zero attached hydrogens (tertiary/aromatic N) is 4. The highest BCUT2D eigenvalue weighted by Crippen LogP contribution is 2.44. The van der Waals surface area contributed by atoms with Crippen LogP contribution in [0.2, 0.25) is 0 Å². The molecule has 4 heteroatoms. The van der Waals surface area contributed by atoms with Crippen molar-refractivity contribution in [2.45, 2.75) is 25.2 Å². The van der Waals surface area contributed by atoms with Gasteiger partial charge in [-0.3, -0.25) is 9.97 Å². The SMILES string of the molecule is CCC1c2cc(-c3ccc4ccc(-c5cc6ccccc6cn5)nc4c3)ccc2C=CC1c1ccc(-c2ccc3ccc4cccnc4c3n2)cc1. The molecule has 2 atom stereocenters. The molecule has 1 aliphatic rings. The first-order valence-corrected chi connectivity index (χ1v) is 18.0. The van der Waals surface area contributed by atoms with Gasteiger partial charge in [0.25, 0.3) is 0 Å². The van der Waals surface area contributed by atoms with E-state index in [4.69, 9.17) is 15.0 Å². The number of hydrogen-bond acceptors (Lipinski definition) is 4. The highest BCUT2D eigenvalue weighted by Gasteiger charge is 2.27. The Hall–Kier alpha value is -6.52. The van der Waals surface area contributed by atoms with Gasteiger partial charge in [0.2, 0.25) is 0 Å². The molecule has 4 nitrogen and oxygen atoms in total. The number of aromatic nitrogens is 4. The number of rotatable bonds is 5. The zero-order chi connectivity index (χ0) is 34.6. The topological polar surface area (TPSA) is 51.6 Å². The zero-order valence-electron chi connectivity index (χ0n) is 28.7. The minimum Gasteiger partial charge on any atom is -0.254 e. The van der Waals surface area contributed by atoms with Crippen LogP contribution >= 0.6 is 0 Å². The molecule has 0 N–H and O–H groups in total. The monoisotopic (exact) mass is 666 g/mol. The minimum atomic E-state index is 0.287. The average Bonchev–Trinajstić information content (AvgIpc) is 3.22. The van der Waals surface area contributed by atoms with Crippen LogP contribution in [0.4, 0.5) is 0 Å². The molecular formula is C48H34N4. The number of pyridine rings is 4. The van der Waals surface area contributed by atoms with Gasteiger partial charge >= 0.3 is 0 Å². The van der Waals surface area contributed by atoms with Gasteiger partial charge in [0.15, 0.2) is 0 Å². The standard InChI is InChI=1S/C48H34N4/c1-2-40-41(30-9-12-32(13-10-30)43-23-21-35-16-15-34-8-5-25-49-47(34)48(35)52-43)22-19-31-11-17-37(26-42(31)40)38-18-14-33-20-24-44(51-45(33)27-38)46-28-36-6-3-4-7-39(36)29-50-46/h3-29,40-41H,2H2,1H3. The van der Waals surface area contributed by atoms with Crippen LogP contribution in [0.1, 0.15) is 41.9 Å². The molecule has 4 aromatic heterocycles. The molecule has 0 saturated carbocycles. The Morgan fingerprint density at radius 2 is 1.23 bits per heavy atom. The Kier molecular flexibility index (Phi) is 7.21. The summed E-state index contributed by atoms with van der Waals surface area (Å²) in [6.07, 6.45) is 9.51. The Morgan fingerprint density at radius 1 is 0.519 bits per heavy atom. The molecule has 0 aliphatic heterocycles. The van der Waals surface area contributed by atoms with Crippen molar-refractivity contribution in [1.29, 1.82) is 0 Å². The lowest BCUT2D eigenvalue weighted by Crippen LogP contribution is -2.13. The van der Waals surface area contributed by atoms with Crippen LogP contribution in [0, 0.1) is 0 Å². The molecule has 52 heavy (non-hydrogen) atoms. The lowest BCUT2D eigenvalue weighted by Gasteiger charge is -2.30. The van der Waals surface area contributed by atoms with Crippen molar-refractivity contribution in [3.8, 4) is 33.8 Å². The predicted molar refractivity (Wildman–Crippen MR) is 215 cm³/mol. The molecule has 246 valence electrons. The van der Waals surface area contributed by atoms with Crippen LogP contribution < -0.4 is 0 Å². The quantitative estimate of drug-likeness (QED) is 0.172. The Bertz CT molecular complexity index is 2850. The fourth-order valence-electron chi connectivity index (χ4n) is 8.00. The van der Waals surface area contributed by atoms with Crippen molar-refractivity contribution in [3.05, 3.63) is 175 Å². The molecule has 0 radical (unpaired) electrons. The first-order chi connectivity index (χ1) is 25.7. The second kappa shape index (κ2) is 12.4. The summed E-state index contributed by atoms with van der Waals surface area (Å²) in [5.74, 6) is 0.654. The second-order valence-corrected chi connectivity index (χ2v) is 13.8. The van der Waals surface area contributed by atoms with Crippen molar-refractivity contribution < 1.29 is 0 Å². The van der Waals surface area contributed by atoms with Gasteiger partial charge in [-0.2, -0.15) is 0 Å². The molecule has 9 aromatic rings. The number of hydrogen-bond donors (Lipinski definition) is 0. The smallest absolute Gasteiger partial charge is 0.0972 e. The second-order valence-electron chi connectivity index (χ2n) is 13.8. The summed E-state index contributed by atoms with van der Waals surface area (Å²) in [6, 6.07) is 49.8. The van der Waals surface area contributed by atoms with Crippen molar-refractivity contribution in [1.82, 2.24) is 19.9 Å². The molecule has 10 rings (SSSR count). The van der Waals surface area contributed by atoms with E-state index in [2.05, 4.69) is 151 Å². The van der Waals surface area contributed by atoms with Gasteiger partial charge in [-0.05, 0) is 75.9 Å². The molecule has 1 aliphatic carbocycles. The fraction of sp³-hybridized carbons (Fsp3) is 0.0833. The summed E-state index contributed by atoms with van der Waals surface area (Å²) < 4.78 is 0. The molecule has 2 unspecified atom stereocenters. The van der Waals surface area contributed by atoms with Crippen LogP contribution in [0.25, 0.3) is 83.3 Å². The molecule has 0 bridgehead atoms. The Labute approximate surface area is 302 Å². The van der Waals surface area contributed by atoms with Gasteiger partial charge in [-0.15, -0.1) is 0 Å². The predicted octanol–water partition coefficient (Wildman–Crippen LogP) is 12.2. The third-order valence-corrected chi connectivity index (χ3v) is 10.8. The van der Waals surface area contributed by atoms with E-state index in [1.165, 1.54) is 33.2 Å². The lowest BCUT2D eigenvalue weighted by molar-refractivity contribution is 0.594. The van der Waals surface area contributed by atoms with Gasteiger partial charge in [-0.25, -0.2) is 9.97 Å². The van der Waals surface area contributed by atoms with E-state index in [-0.39, 0.29) is 5.92 Å². The Balaban J connectivity index is 0.953. The van der Waals surface area contributed by atoms with Crippen LogP contribution in [0.5, 0.6) is 0 Å². The highest BCUT2D eigenvalue weighted by atomic mass is 14.8. The molecule has 4 heterocycles. The summed E-state index contributed by atoms with van der Waals surface area (Å²) in [4.78, 5) is 19.5. The lowest BCUT2D eigenvalue weighted by atomic mass is 9.74. The van der Waals surface area contributed by atoms with Gasteiger partial charge < -0.3 is 0 Å². The summed E-state index contributed by atoms with van der Waals surface area (Å²) >= 11 is 0. The average molecular weight is 667 g/mol. The maximum absolute atomic E-state index is 5.08. The van der Waals surface area contributed by atoms with E-state index >= 15 is 0 Å². The molecule has 0 spiro atoms. The van der Waals surface area contributed by atoms with E-state index < -0.39 is 0 Å². The van der Waals surface area contributed by atoms with Gasteiger partial charge in [0.05, 0.1) is 33.6 Å². The van der Waals surface area contributed by atoms with Crippen LogP contribution in [0.3, 0.4) is 0 Å². The number of benzene rings is 5. The van der Waals surface area contributed by atoms with Gasteiger partial charge in [-0.1, -0.05) is 128 Å². The largest absolute Gasteiger partial charge is 0.254 e. The van der Waals surface area contributed by atoms with E-state index in [1.807, 2.05) is 24.5 Å². The highest BCUT2D eigenvalue weighted by molar-refractivity contribution is 6.03. The van der Waals surface area contributed by atoms with Crippen LogP contribution in [-0.4, -0.2) is 19.9 Å². The van der Waals surface area contributed by atoms with E-state index in [1.54, 1.807) is 0 Å². The zero-order valence-corrected chi connectivity index (χ0v) is 28.7. The minimum absolute atomic E-state index is 0.287. The Morgan fingerprint density at radius 3 is 2.12 bits per heavy atom. The molecule has 0 amide bonds. The molecular weight excluding hydrogens is 633 g/mol. The third-order valence-electron chi connectivity index (χ3n) is 10.8. The van der Waals surface area contributed by atoms with E-state index in [9.17, 15) is 0 Å². The molecule has 0 saturated heterocycles. The summed E-state index contributed by atoms with van der Waals surface area (Å²) in [7, 11) is 0. The summed E-state index contributed by atoms with van der Waals surface area (Å²) in [6.45, 7) is 2.31. The molecule has 5 aromatic carbocycles. The normalized spacial score (nSPS) is 15.4. The van der Waals surface area contributed by atoms with Crippen LogP contribution in [-0.2, 0) is 0 Å². The summed E-state index contributed by atoms with van der Waals surface area (Å²) in [5, 5.41) is 5.62. The van der Waals surface area contributed by atoms with Crippen molar-refractivity contribution >= 4 is 49.6 Å². The van der Waals surface area contributed by atoms with Crippen molar-refractivity contribution in [2.24, 2.45) is 0 Å². The van der Waals surface area contributed by atoms with Crippen molar-refractivity contribution in [2.75, 3.05) is 0 Å². The third kappa shape index (κ3) is 5.23. The molecule has 0 fully saturated rings. The fourth-order valence-corrected chi connectivity index (χ4v) is 8.00. The van der Waals surface area contributed by atoms with E-state index in [0.717, 1.165) is 67.2 Å². The first-order valence-electron chi connectivity index (χ1n) is 18.0. The van der Waals surface area contributed by atoms with Crippen molar-refractivity contribution in [3.63, 3.8) is 0 Å². The van der Waals surface area contributed by atoms with Crippen LogP contribution in [0.15, 0.2) is 158 Å².